The van der Waals surface area contributed by atoms with Crippen molar-refractivity contribution in [1.29, 1.82) is 0 Å². The maximum Gasteiger partial charge on any atom is 0.162 e. The molecule has 3 nitrogen and oxygen atoms in total. The predicted octanol–water partition coefficient (Wildman–Crippen LogP) is 7.97. The zero-order valence-electron chi connectivity index (χ0n) is 19.1. The molecule has 4 aromatic carbocycles. The largest absolute Gasteiger partial charge is 0.339 e. The van der Waals surface area contributed by atoms with Crippen molar-refractivity contribution >= 4 is 22.9 Å². The molecule has 0 aliphatic carbocycles. The van der Waals surface area contributed by atoms with Gasteiger partial charge in [0.15, 0.2) is 5.84 Å². The third kappa shape index (κ3) is 4.28. The van der Waals surface area contributed by atoms with Crippen LogP contribution in [0.25, 0.3) is 28.0 Å². The Balaban J connectivity index is 1.52. The summed E-state index contributed by atoms with van der Waals surface area (Å²) in [5.41, 5.74) is 8.41. The van der Waals surface area contributed by atoms with Crippen LogP contribution in [0.5, 0.6) is 0 Å². The molecule has 1 aliphatic rings. The zero-order chi connectivity index (χ0) is 23.5. The van der Waals surface area contributed by atoms with Crippen molar-refractivity contribution < 1.29 is 0 Å². The van der Waals surface area contributed by atoms with E-state index in [0.29, 0.717) is 5.84 Å². The second kappa shape index (κ2) is 9.24. The first kappa shape index (κ1) is 20.8. The molecule has 0 unspecified atom stereocenters. The lowest BCUT2D eigenvalue weighted by Crippen LogP contribution is -1.95. The van der Waals surface area contributed by atoms with Crippen molar-refractivity contribution in [2.45, 2.75) is 0 Å². The molecular weight excluding hydrogens is 428 g/mol. The molecule has 166 valence electrons. The summed E-state index contributed by atoms with van der Waals surface area (Å²) in [6.07, 6.45) is 2.13. The fraction of sp³-hybridized carbons (Fsp3) is 0. The van der Waals surface area contributed by atoms with Gasteiger partial charge in [-0.15, -0.1) is 0 Å². The number of hydrogen-bond acceptors (Lipinski definition) is 1. The maximum atomic E-state index is 5.12. The number of allylic oxidation sites excluding steroid dienone is 1. The minimum Gasteiger partial charge on any atom is -0.339 e. The number of hydrogen-bond donors (Lipinski definition) is 1. The SMILES string of the molecule is C1=C(c2ccccc2)/C(=[15N]/c2[15nH]c(-c3ccccc3)cc2-c2ccccc2)N=C1c1ccccc1. The van der Waals surface area contributed by atoms with Crippen LogP contribution in [0.3, 0.4) is 0 Å². The highest BCUT2D eigenvalue weighted by molar-refractivity contribution is 6.38. The zero-order valence-corrected chi connectivity index (χ0v) is 19.1. The molecule has 35 heavy (non-hydrogen) atoms. The standard InChI is InChI=1S/C32H23N3/c1-5-13-23(14-6-1)27-21-29(25-17-9-3-10-18-25)33-31(27)35-32-28(24-15-7-2-8-16-24)22-30(34-32)26-19-11-4-12-20-26/h1-22,33H/b35-32-/i33+1,35+1. The molecule has 0 saturated heterocycles. The van der Waals surface area contributed by atoms with Crippen LogP contribution in [-0.4, -0.2) is 16.5 Å². The second-order valence-electron chi connectivity index (χ2n) is 8.40. The Morgan fingerprint density at radius 1 is 0.543 bits per heavy atom. The normalized spacial score (nSPS) is 14.1. The van der Waals surface area contributed by atoms with Gasteiger partial charge in [-0.3, -0.25) is 0 Å². The summed E-state index contributed by atoms with van der Waals surface area (Å²) in [6.45, 7) is 0. The molecule has 0 radical (unpaired) electrons. The third-order valence-electron chi connectivity index (χ3n) is 6.09. The van der Waals surface area contributed by atoms with Gasteiger partial charge < -0.3 is 4.98 Å². The van der Waals surface area contributed by atoms with E-state index in [1.807, 2.05) is 60.7 Å². The van der Waals surface area contributed by atoms with Gasteiger partial charge in [0.1, 0.15) is 5.82 Å². The van der Waals surface area contributed by atoms with E-state index < -0.39 is 0 Å². The second-order valence-corrected chi connectivity index (χ2v) is 8.40. The fourth-order valence-corrected chi connectivity index (χ4v) is 4.33. The summed E-state index contributed by atoms with van der Waals surface area (Å²) < 4.78 is 0. The molecule has 3 heteroatoms. The first-order chi connectivity index (χ1) is 17.3. The van der Waals surface area contributed by atoms with Gasteiger partial charge in [0, 0.05) is 22.4 Å². The van der Waals surface area contributed by atoms with Crippen LogP contribution in [0.4, 0.5) is 5.82 Å². The molecule has 0 atom stereocenters. The molecule has 0 saturated carbocycles. The van der Waals surface area contributed by atoms with Crippen LogP contribution < -0.4 is 0 Å². The lowest BCUT2D eigenvalue weighted by atomic mass is 10.0. The minimum absolute atomic E-state index is 0.702. The van der Waals surface area contributed by atoms with E-state index >= 15 is 0 Å². The Labute approximate surface area is 204 Å². The van der Waals surface area contributed by atoms with Crippen molar-refractivity contribution in [2.24, 2.45) is 9.98 Å². The number of benzene rings is 4. The number of aromatic nitrogens is 1. The predicted molar refractivity (Wildman–Crippen MR) is 146 cm³/mol. The van der Waals surface area contributed by atoms with Crippen molar-refractivity contribution in [3.05, 3.63) is 145 Å². The number of amidine groups is 1. The summed E-state index contributed by atoms with van der Waals surface area (Å²) in [6, 6.07) is 43.5. The third-order valence-corrected chi connectivity index (χ3v) is 6.09. The average molecular weight is 452 g/mol. The number of rotatable bonds is 5. The Bertz CT molecular complexity index is 1540. The smallest absolute Gasteiger partial charge is 0.162 e. The van der Waals surface area contributed by atoms with E-state index in [1.165, 1.54) is 0 Å². The Kier molecular flexibility index (Phi) is 5.50. The highest BCUT2D eigenvalue weighted by Gasteiger charge is 2.20. The van der Waals surface area contributed by atoms with Gasteiger partial charge in [0.05, 0.1) is 5.71 Å². The van der Waals surface area contributed by atoms with Gasteiger partial charge in [-0.1, -0.05) is 121 Å². The lowest BCUT2D eigenvalue weighted by Gasteiger charge is -2.04. The number of H-pyrrole nitrogens is 1. The van der Waals surface area contributed by atoms with Crippen LogP contribution in [0.1, 0.15) is 11.1 Å². The topological polar surface area (TPSA) is 40.5 Å². The van der Waals surface area contributed by atoms with Gasteiger partial charge in [-0.25, -0.2) is 9.98 Å². The summed E-state index contributed by atoms with van der Waals surface area (Å²) in [5, 5.41) is 0. The minimum atomic E-state index is 0.702. The van der Waals surface area contributed by atoms with Crippen LogP contribution in [0, 0.1) is 0 Å². The van der Waals surface area contributed by atoms with Gasteiger partial charge in [0.2, 0.25) is 0 Å². The molecule has 2 heterocycles. The average Bonchev–Trinajstić information content (AvgIpc) is 3.56. The van der Waals surface area contributed by atoms with Gasteiger partial charge in [-0.2, -0.15) is 0 Å². The van der Waals surface area contributed by atoms with Crippen LogP contribution in [0.2, 0.25) is 0 Å². The Morgan fingerprint density at radius 2 is 1.06 bits per heavy atom. The molecule has 0 spiro atoms. The molecule has 0 fully saturated rings. The van der Waals surface area contributed by atoms with Gasteiger partial charge >= 0.3 is 0 Å². The summed E-state index contributed by atoms with van der Waals surface area (Å²) in [4.78, 5) is 13.7. The van der Waals surface area contributed by atoms with Crippen molar-refractivity contribution in [3.63, 3.8) is 0 Å². The highest BCUT2D eigenvalue weighted by atomic mass is 15.7. The van der Waals surface area contributed by atoms with E-state index in [1.54, 1.807) is 0 Å². The monoisotopic (exact) mass is 451 g/mol. The maximum absolute atomic E-state index is 5.12. The van der Waals surface area contributed by atoms with Crippen LogP contribution in [-0.2, 0) is 0 Å². The van der Waals surface area contributed by atoms with E-state index in [4.69, 9.17) is 9.98 Å². The van der Waals surface area contributed by atoms with Crippen molar-refractivity contribution in [3.8, 4) is 22.4 Å². The lowest BCUT2D eigenvalue weighted by molar-refractivity contribution is 1.33. The number of nitrogens with zero attached hydrogens (tertiary/aromatic N) is 2. The summed E-state index contributed by atoms with van der Waals surface area (Å²) >= 11 is 0. The molecule has 5 aromatic rings. The number of aromatic amines is 1. The number of nitrogens with one attached hydrogen (secondary N) is 1. The van der Waals surface area contributed by atoms with E-state index in [0.717, 1.165) is 50.6 Å². The van der Waals surface area contributed by atoms with Crippen molar-refractivity contribution in [2.75, 3.05) is 0 Å². The summed E-state index contributed by atoms with van der Waals surface area (Å²) in [7, 11) is 0. The van der Waals surface area contributed by atoms with E-state index in [9.17, 15) is 0 Å². The van der Waals surface area contributed by atoms with Gasteiger partial charge in [0.25, 0.3) is 0 Å². The first-order valence-electron chi connectivity index (χ1n) is 11.7. The Hall–Kier alpha value is -4.76. The van der Waals surface area contributed by atoms with Crippen LogP contribution in [0.15, 0.2) is 143 Å². The highest BCUT2D eigenvalue weighted by Crippen LogP contribution is 2.36. The molecule has 1 N–H and O–H groups in total. The molecule has 1 aliphatic heterocycles. The van der Waals surface area contributed by atoms with E-state index in [2.05, 4.69) is 77.8 Å². The van der Waals surface area contributed by atoms with E-state index in [-0.39, 0.29) is 0 Å². The molecule has 0 bridgehead atoms. The van der Waals surface area contributed by atoms with Crippen molar-refractivity contribution in [1.82, 2.24) is 4.98 Å². The molecule has 0 amide bonds. The molecule has 6 rings (SSSR count). The Morgan fingerprint density at radius 3 is 1.66 bits per heavy atom. The van der Waals surface area contributed by atoms with Gasteiger partial charge in [-0.05, 0) is 28.8 Å². The summed E-state index contributed by atoms with van der Waals surface area (Å²) in [5.74, 6) is 1.50. The molecular formula is C32H23N3. The molecule has 1 aromatic heterocycles. The fourth-order valence-electron chi connectivity index (χ4n) is 4.33. The first-order valence-corrected chi connectivity index (χ1v) is 11.7. The van der Waals surface area contributed by atoms with Crippen LogP contribution >= 0.6 is 0 Å². The number of aliphatic imine (C=N–C) groups is 2. The quantitative estimate of drug-likeness (QED) is 0.263.